The summed E-state index contributed by atoms with van der Waals surface area (Å²) in [6, 6.07) is 1.86. The minimum Gasteiger partial charge on any atom is -0.446 e. The molecule has 5 heteroatoms. The van der Waals surface area contributed by atoms with Crippen molar-refractivity contribution >= 4 is 17.0 Å². The first kappa shape index (κ1) is 8.67. The predicted octanol–water partition coefficient (Wildman–Crippen LogP) is 1.06. The lowest BCUT2D eigenvalue weighted by molar-refractivity contribution is 0.122. The Morgan fingerprint density at radius 1 is 1.27 bits per heavy atom. The van der Waals surface area contributed by atoms with Crippen molar-refractivity contribution in [2.24, 2.45) is 0 Å². The number of hydrogen-bond acceptors (Lipinski definition) is 5. The fourth-order valence-corrected chi connectivity index (χ4v) is 1.66. The summed E-state index contributed by atoms with van der Waals surface area (Å²) in [5, 5.41) is 0.937. The lowest BCUT2D eigenvalue weighted by atomic mass is 10.4. The quantitative estimate of drug-likeness (QED) is 0.696. The molecule has 0 saturated carbocycles. The van der Waals surface area contributed by atoms with Crippen LogP contribution in [-0.4, -0.2) is 36.3 Å². The summed E-state index contributed by atoms with van der Waals surface area (Å²) >= 11 is 0. The van der Waals surface area contributed by atoms with E-state index in [1.54, 1.807) is 12.5 Å². The van der Waals surface area contributed by atoms with Crippen molar-refractivity contribution in [2.45, 2.75) is 0 Å². The van der Waals surface area contributed by atoms with Crippen LogP contribution < -0.4 is 4.90 Å². The van der Waals surface area contributed by atoms with Crippen LogP contribution in [0.5, 0.6) is 0 Å². The van der Waals surface area contributed by atoms with E-state index >= 15 is 0 Å². The highest BCUT2D eigenvalue weighted by atomic mass is 16.5. The first-order valence-corrected chi connectivity index (χ1v) is 4.96. The number of nitrogens with zero attached hydrogens (tertiary/aromatic N) is 3. The van der Waals surface area contributed by atoms with Crippen LogP contribution in [0.4, 0.5) is 5.95 Å². The van der Waals surface area contributed by atoms with Gasteiger partial charge in [0.2, 0.25) is 11.7 Å². The molecule has 3 heterocycles. The number of fused-ring (bicyclic) bond motifs is 1. The molecule has 1 fully saturated rings. The number of hydrogen-bond donors (Lipinski definition) is 0. The van der Waals surface area contributed by atoms with Gasteiger partial charge in [0, 0.05) is 19.3 Å². The molecule has 0 N–H and O–H groups in total. The number of ether oxygens (including phenoxy) is 1. The van der Waals surface area contributed by atoms with Crippen LogP contribution in [0.15, 0.2) is 22.9 Å². The Hall–Kier alpha value is -1.62. The van der Waals surface area contributed by atoms with Gasteiger partial charge in [0.25, 0.3) is 0 Å². The lowest BCUT2D eigenvalue weighted by Crippen LogP contribution is -2.37. The molecule has 1 saturated heterocycles. The summed E-state index contributed by atoms with van der Waals surface area (Å²) in [5.74, 6) is 0.723. The molecule has 2 aromatic rings. The van der Waals surface area contributed by atoms with Crippen LogP contribution in [0.2, 0.25) is 0 Å². The van der Waals surface area contributed by atoms with Gasteiger partial charge in [-0.25, -0.2) is 4.98 Å². The molecule has 0 aromatic carbocycles. The highest BCUT2D eigenvalue weighted by molar-refractivity contribution is 5.72. The molecule has 5 nitrogen and oxygen atoms in total. The molecule has 3 rings (SSSR count). The Bertz CT molecular complexity index is 462. The zero-order valence-electron chi connectivity index (χ0n) is 8.22. The molecule has 1 aliphatic heterocycles. The van der Waals surface area contributed by atoms with Crippen LogP contribution in [0, 0.1) is 0 Å². The lowest BCUT2D eigenvalue weighted by Gasteiger charge is -2.26. The number of rotatable bonds is 1. The van der Waals surface area contributed by atoms with Gasteiger partial charge >= 0.3 is 0 Å². The van der Waals surface area contributed by atoms with E-state index in [1.807, 2.05) is 6.07 Å². The molecule has 15 heavy (non-hydrogen) atoms. The summed E-state index contributed by atoms with van der Waals surface area (Å²) in [6.07, 6.45) is 3.42. The molecule has 0 atom stereocenters. The third-order valence-corrected chi connectivity index (χ3v) is 2.49. The summed E-state index contributed by atoms with van der Waals surface area (Å²) in [6.45, 7) is 3.15. The zero-order chi connectivity index (χ0) is 10.1. The molecule has 0 spiro atoms. The molecule has 0 bridgehead atoms. The molecule has 0 amide bonds. The van der Waals surface area contributed by atoms with Gasteiger partial charge in [-0.05, 0) is 6.07 Å². The highest BCUT2D eigenvalue weighted by Crippen LogP contribution is 2.16. The monoisotopic (exact) mass is 205 g/mol. The normalized spacial score (nSPS) is 17.2. The van der Waals surface area contributed by atoms with Crippen molar-refractivity contribution in [1.29, 1.82) is 0 Å². The second-order valence-electron chi connectivity index (χ2n) is 3.45. The summed E-state index contributed by atoms with van der Waals surface area (Å²) in [4.78, 5) is 10.8. The van der Waals surface area contributed by atoms with Gasteiger partial charge in [-0.15, -0.1) is 0 Å². The van der Waals surface area contributed by atoms with E-state index in [0.717, 1.165) is 37.6 Å². The minimum absolute atomic E-state index is 0.645. The van der Waals surface area contributed by atoms with Crippen LogP contribution in [-0.2, 0) is 4.74 Å². The standard InChI is InChI=1S/C10H11N3O2/c1-4-15-9-8(1)7-11-10(12-9)13-2-5-14-6-3-13/h1,4,7H,2-3,5-6H2. The topological polar surface area (TPSA) is 51.4 Å². The zero-order valence-corrected chi connectivity index (χ0v) is 8.22. The summed E-state index contributed by atoms with van der Waals surface area (Å²) in [5.41, 5.74) is 0.645. The van der Waals surface area contributed by atoms with Crippen LogP contribution in [0.3, 0.4) is 0 Å². The van der Waals surface area contributed by atoms with Crippen LogP contribution in [0.25, 0.3) is 11.1 Å². The van der Waals surface area contributed by atoms with Gasteiger partial charge in [0.05, 0.1) is 24.9 Å². The van der Waals surface area contributed by atoms with Crippen LogP contribution >= 0.6 is 0 Å². The third-order valence-electron chi connectivity index (χ3n) is 2.49. The van der Waals surface area contributed by atoms with Crippen molar-refractivity contribution in [1.82, 2.24) is 9.97 Å². The Balaban J connectivity index is 1.95. The van der Waals surface area contributed by atoms with Crippen molar-refractivity contribution in [3.8, 4) is 0 Å². The van der Waals surface area contributed by atoms with E-state index in [1.165, 1.54) is 0 Å². The van der Waals surface area contributed by atoms with Crippen LogP contribution in [0.1, 0.15) is 0 Å². The summed E-state index contributed by atoms with van der Waals surface area (Å²) in [7, 11) is 0. The number of anilines is 1. The van der Waals surface area contributed by atoms with E-state index in [-0.39, 0.29) is 0 Å². The van der Waals surface area contributed by atoms with E-state index < -0.39 is 0 Å². The SMILES string of the molecule is c1cc2cnc(N3CCOCC3)nc2o1. The second kappa shape index (κ2) is 3.51. The molecular formula is C10H11N3O2. The average molecular weight is 205 g/mol. The Morgan fingerprint density at radius 3 is 3.00 bits per heavy atom. The Morgan fingerprint density at radius 2 is 2.13 bits per heavy atom. The first-order valence-electron chi connectivity index (χ1n) is 4.96. The predicted molar refractivity (Wildman–Crippen MR) is 54.8 cm³/mol. The third kappa shape index (κ3) is 1.55. The van der Waals surface area contributed by atoms with Crippen molar-refractivity contribution in [2.75, 3.05) is 31.2 Å². The van der Waals surface area contributed by atoms with Gasteiger partial charge in [-0.2, -0.15) is 4.98 Å². The van der Waals surface area contributed by atoms with Crippen molar-refractivity contribution < 1.29 is 9.15 Å². The fraction of sp³-hybridized carbons (Fsp3) is 0.400. The van der Waals surface area contributed by atoms with Crippen molar-refractivity contribution in [3.63, 3.8) is 0 Å². The maximum atomic E-state index is 5.27. The Labute approximate surface area is 86.7 Å². The number of aromatic nitrogens is 2. The molecule has 2 aromatic heterocycles. The molecule has 0 aliphatic carbocycles. The molecular weight excluding hydrogens is 194 g/mol. The van der Waals surface area contributed by atoms with E-state index in [2.05, 4.69) is 14.9 Å². The van der Waals surface area contributed by atoms with Gasteiger partial charge in [0.1, 0.15) is 0 Å². The van der Waals surface area contributed by atoms with Crippen molar-refractivity contribution in [3.05, 3.63) is 18.5 Å². The number of furan rings is 1. The minimum atomic E-state index is 0.645. The van der Waals surface area contributed by atoms with E-state index in [0.29, 0.717) is 5.71 Å². The van der Waals surface area contributed by atoms with E-state index in [4.69, 9.17) is 9.15 Å². The second-order valence-corrected chi connectivity index (χ2v) is 3.45. The average Bonchev–Trinajstić information content (AvgIpc) is 2.77. The van der Waals surface area contributed by atoms with Gasteiger partial charge in [0.15, 0.2) is 0 Å². The number of morpholine rings is 1. The molecule has 78 valence electrons. The highest BCUT2D eigenvalue weighted by Gasteiger charge is 2.14. The first-order chi connectivity index (χ1) is 7.43. The maximum Gasteiger partial charge on any atom is 0.230 e. The molecule has 0 radical (unpaired) electrons. The van der Waals surface area contributed by atoms with Gasteiger partial charge in [-0.3, -0.25) is 0 Å². The van der Waals surface area contributed by atoms with Gasteiger partial charge in [-0.1, -0.05) is 0 Å². The Kier molecular flexibility index (Phi) is 2.03. The maximum absolute atomic E-state index is 5.27. The molecule has 0 unspecified atom stereocenters. The molecule has 1 aliphatic rings. The fourth-order valence-electron chi connectivity index (χ4n) is 1.66. The smallest absolute Gasteiger partial charge is 0.230 e. The largest absolute Gasteiger partial charge is 0.446 e. The summed E-state index contributed by atoms with van der Waals surface area (Å²) < 4.78 is 10.5. The van der Waals surface area contributed by atoms with E-state index in [9.17, 15) is 0 Å². The van der Waals surface area contributed by atoms with Gasteiger partial charge < -0.3 is 14.1 Å².